The molecule has 0 bridgehead atoms. The van der Waals surface area contributed by atoms with E-state index in [4.69, 9.17) is 4.74 Å². The van der Waals surface area contributed by atoms with Crippen LogP contribution in [-0.4, -0.2) is 10.2 Å². The Morgan fingerprint density at radius 1 is 1.39 bits per heavy atom. The fourth-order valence-corrected chi connectivity index (χ4v) is 2.55. The highest BCUT2D eigenvalue weighted by molar-refractivity contribution is 5.87. The van der Waals surface area contributed by atoms with E-state index in [9.17, 15) is 4.79 Å². The monoisotopic (exact) mass is 242 g/mol. The molecule has 1 radical (unpaired) electrons. The van der Waals surface area contributed by atoms with Crippen molar-refractivity contribution < 1.29 is 4.74 Å². The van der Waals surface area contributed by atoms with E-state index < -0.39 is 5.60 Å². The molecule has 1 aliphatic heterocycles. The normalized spacial score (nSPS) is 17.3. The summed E-state index contributed by atoms with van der Waals surface area (Å²) in [4.78, 5) is 12.3. The molecule has 0 fully saturated rings. The lowest BCUT2D eigenvalue weighted by Gasteiger charge is -2.33. The highest BCUT2D eigenvalue weighted by atomic mass is 16.5. The van der Waals surface area contributed by atoms with Crippen molar-refractivity contribution in [3.63, 3.8) is 0 Å². The number of ether oxygens (including phenoxy) is 1. The van der Waals surface area contributed by atoms with Gasteiger partial charge in [-0.2, -0.15) is 0 Å². The van der Waals surface area contributed by atoms with Gasteiger partial charge in [-0.25, -0.2) is 0 Å². The molecule has 3 rings (SSSR count). The summed E-state index contributed by atoms with van der Waals surface area (Å²) in [6, 6.07) is 7.83. The van der Waals surface area contributed by atoms with E-state index in [0.717, 1.165) is 35.1 Å². The molecule has 3 nitrogen and oxygen atoms in total. The maximum atomic E-state index is 12.3. The minimum Gasteiger partial charge on any atom is -0.486 e. The average Bonchev–Trinajstić information content (AvgIpc) is 2.35. The number of hydrogen-bond acceptors (Lipinski definition) is 2. The van der Waals surface area contributed by atoms with Crippen LogP contribution in [0.2, 0.25) is 0 Å². The Kier molecular flexibility index (Phi) is 2.27. The van der Waals surface area contributed by atoms with Gasteiger partial charge >= 0.3 is 0 Å². The van der Waals surface area contributed by atoms with Crippen molar-refractivity contribution in [2.45, 2.75) is 25.4 Å². The van der Waals surface area contributed by atoms with Crippen molar-refractivity contribution in [2.75, 3.05) is 0 Å². The van der Waals surface area contributed by atoms with Gasteiger partial charge in [0.2, 0.25) is 0 Å². The molecule has 0 saturated heterocycles. The van der Waals surface area contributed by atoms with Crippen molar-refractivity contribution in [1.29, 1.82) is 0 Å². The average molecular weight is 242 g/mol. The number of nitrogens with zero attached hydrogens (tertiary/aromatic N) is 1. The third-order valence-corrected chi connectivity index (χ3v) is 3.60. The van der Waals surface area contributed by atoms with E-state index in [0.29, 0.717) is 0 Å². The first-order valence-electron chi connectivity index (χ1n) is 6.14. The summed E-state index contributed by atoms with van der Waals surface area (Å²) in [6.07, 6.45) is 1.50. The second-order valence-electron chi connectivity index (χ2n) is 5.24. The first-order valence-corrected chi connectivity index (χ1v) is 6.14. The van der Waals surface area contributed by atoms with Crippen molar-refractivity contribution in [3.05, 3.63) is 47.1 Å². The van der Waals surface area contributed by atoms with E-state index in [1.165, 1.54) is 0 Å². The molecule has 18 heavy (non-hydrogen) atoms. The molecule has 0 aliphatic carbocycles. The Labute approximate surface area is 106 Å². The number of aromatic nitrogens is 1. The standard InChI is InChI=1S/C15H16NO2/c1-15(2)9-8-11-13(18-15)10-6-4-5-7-12(10)16(3)14(11)17/h4-7H,1,8-9H2,2-3H3. The molecule has 1 aromatic heterocycles. The van der Waals surface area contributed by atoms with Crippen molar-refractivity contribution in [1.82, 2.24) is 4.57 Å². The number of pyridine rings is 1. The van der Waals surface area contributed by atoms with Crippen LogP contribution in [-0.2, 0) is 13.5 Å². The molecular weight excluding hydrogens is 226 g/mol. The highest BCUT2D eigenvalue weighted by Gasteiger charge is 2.30. The quantitative estimate of drug-likeness (QED) is 0.710. The van der Waals surface area contributed by atoms with Crippen LogP contribution in [0.4, 0.5) is 0 Å². The lowest BCUT2D eigenvalue weighted by Crippen LogP contribution is -2.37. The molecule has 0 amide bonds. The Balaban J connectivity index is 2.41. The molecule has 1 aliphatic rings. The first kappa shape index (κ1) is 11.3. The fraction of sp³-hybridized carbons (Fsp3) is 0.333. The molecule has 1 unspecified atom stereocenters. The van der Waals surface area contributed by atoms with Gasteiger partial charge < -0.3 is 9.30 Å². The molecule has 3 heteroatoms. The molecule has 0 N–H and O–H groups in total. The lowest BCUT2D eigenvalue weighted by molar-refractivity contribution is 0.113. The van der Waals surface area contributed by atoms with E-state index >= 15 is 0 Å². The van der Waals surface area contributed by atoms with E-state index in [2.05, 4.69) is 6.92 Å². The molecule has 0 spiro atoms. The van der Waals surface area contributed by atoms with Gasteiger partial charge in [0.1, 0.15) is 11.4 Å². The summed E-state index contributed by atoms with van der Waals surface area (Å²) in [7, 11) is 1.81. The third kappa shape index (κ3) is 1.54. The Morgan fingerprint density at radius 3 is 2.89 bits per heavy atom. The van der Waals surface area contributed by atoms with Crippen LogP contribution in [0.5, 0.6) is 5.75 Å². The van der Waals surface area contributed by atoms with E-state index in [1.54, 1.807) is 4.57 Å². The van der Waals surface area contributed by atoms with Gasteiger partial charge in [0.05, 0.1) is 11.1 Å². The van der Waals surface area contributed by atoms with Crippen LogP contribution in [0.1, 0.15) is 18.9 Å². The second kappa shape index (κ2) is 3.61. The maximum Gasteiger partial charge on any atom is 0.257 e. The number of aryl methyl sites for hydroxylation is 1. The molecule has 0 saturated carbocycles. The van der Waals surface area contributed by atoms with Crippen molar-refractivity contribution in [2.24, 2.45) is 7.05 Å². The Hall–Kier alpha value is -1.77. The zero-order chi connectivity index (χ0) is 12.9. The van der Waals surface area contributed by atoms with Gasteiger partial charge in [-0.15, -0.1) is 0 Å². The Bertz CT molecular complexity index is 683. The van der Waals surface area contributed by atoms with Crippen LogP contribution in [0.3, 0.4) is 0 Å². The molecular formula is C15H16NO2. The SMILES string of the molecule is [CH2]C1(C)CCc2c(c3ccccc3n(C)c2=O)O1. The molecule has 1 atom stereocenters. The largest absolute Gasteiger partial charge is 0.486 e. The van der Waals surface area contributed by atoms with Crippen molar-refractivity contribution >= 4 is 10.9 Å². The van der Waals surface area contributed by atoms with Crippen LogP contribution < -0.4 is 10.3 Å². The summed E-state index contributed by atoms with van der Waals surface area (Å²) in [5.74, 6) is 0.720. The predicted molar refractivity (Wildman–Crippen MR) is 71.9 cm³/mol. The maximum absolute atomic E-state index is 12.3. The fourth-order valence-electron chi connectivity index (χ4n) is 2.55. The number of fused-ring (bicyclic) bond motifs is 3. The zero-order valence-electron chi connectivity index (χ0n) is 10.7. The van der Waals surface area contributed by atoms with Gasteiger partial charge in [0.15, 0.2) is 0 Å². The molecule has 2 heterocycles. The van der Waals surface area contributed by atoms with Crippen LogP contribution in [0.25, 0.3) is 10.9 Å². The minimum atomic E-state index is -0.442. The number of hydrogen-bond donors (Lipinski definition) is 0. The number of para-hydroxylation sites is 1. The third-order valence-electron chi connectivity index (χ3n) is 3.60. The Morgan fingerprint density at radius 2 is 2.11 bits per heavy atom. The van der Waals surface area contributed by atoms with Crippen LogP contribution in [0, 0.1) is 6.92 Å². The second-order valence-corrected chi connectivity index (χ2v) is 5.24. The van der Waals surface area contributed by atoms with Gasteiger partial charge in [0, 0.05) is 12.4 Å². The molecule has 1 aromatic carbocycles. The highest BCUT2D eigenvalue weighted by Crippen LogP contribution is 2.36. The summed E-state index contributed by atoms with van der Waals surface area (Å²) < 4.78 is 7.64. The van der Waals surface area contributed by atoms with Crippen LogP contribution in [0.15, 0.2) is 29.1 Å². The molecule has 2 aromatic rings. The predicted octanol–water partition coefficient (Wildman–Crippen LogP) is 2.46. The van der Waals surface area contributed by atoms with E-state index in [-0.39, 0.29) is 5.56 Å². The van der Waals surface area contributed by atoms with E-state index in [1.807, 2.05) is 38.2 Å². The minimum absolute atomic E-state index is 0.0409. The summed E-state index contributed by atoms with van der Waals surface area (Å²) in [6.45, 7) is 6.02. The van der Waals surface area contributed by atoms with Crippen LogP contribution >= 0.6 is 0 Å². The van der Waals surface area contributed by atoms with Gasteiger partial charge in [-0.3, -0.25) is 4.79 Å². The first-order chi connectivity index (χ1) is 8.49. The number of benzene rings is 1. The summed E-state index contributed by atoms with van der Waals surface area (Å²) in [5.41, 5.74) is 1.28. The van der Waals surface area contributed by atoms with Gasteiger partial charge in [-0.05, 0) is 38.8 Å². The summed E-state index contributed by atoms with van der Waals surface area (Å²) in [5, 5.41) is 0.990. The number of rotatable bonds is 0. The smallest absolute Gasteiger partial charge is 0.257 e. The van der Waals surface area contributed by atoms with Gasteiger partial charge in [-0.1, -0.05) is 12.1 Å². The topological polar surface area (TPSA) is 31.2 Å². The lowest BCUT2D eigenvalue weighted by atomic mass is 9.93. The van der Waals surface area contributed by atoms with Gasteiger partial charge in [0.25, 0.3) is 5.56 Å². The zero-order valence-corrected chi connectivity index (χ0v) is 10.7. The molecule has 93 valence electrons. The summed E-state index contributed by atoms with van der Waals surface area (Å²) >= 11 is 0. The van der Waals surface area contributed by atoms with Crippen molar-refractivity contribution in [3.8, 4) is 5.75 Å².